The van der Waals surface area contributed by atoms with E-state index in [2.05, 4.69) is 0 Å². The highest BCUT2D eigenvalue weighted by Gasteiger charge is 2.43. The van der Waals surface area contributed by atoms with Crippen LogP contribution in [-0.2, 0) is 15.8 Å². The topological polar surface area (TPSA) is 63.4 Å². The maximum absolute atomic E-state index is 12.4. The van der Waals surface area contributed by atoms with Gasteiger partial charge in [-0.2, -0.15) is 4.31 Å². The van der Waals surface area contributed by atoms with E-state index >= 15 is 0 Å². The molecule has 2 N–H and O–H groups in total. The molecule has 4 nitrogen and oxygen atoms in total. The van der Waals surface area contributed by atoms with Gasteiger partial charge in [-0.05, 0) is 42.9 Å². The summed E-state index contributed by atoms with van der Waals surface area (Å²) in [6.45, 7) is 0.718. The highest BCUT2D eigenvalue weighted by atomic mass is 32.2. The van der Waals surface area contributed by atoms with Crippen LogP contribution < -0.4 is 5.73 Å². The summed E-state index contributed by atoms with van der Waals surface area (Å²) in [6.07, 6.45) is 3.27. The van der Waals surface area contributed by atoms with Gasteiger partial charge in [0.25, 0.3) is 0 Å². The van der Waals surface area contributed by atoms with Crippen LogP contribution in [0.1, 0.15) is 24.8 Å². The molecule has 1 aromatic carbocycles. The van der Waals surface area contributed by atoms with Crippen LogP contribution in [0.2, 0.25) is 0 Å². The molecular formula is C13H18N2O2S. The molecule has 2 atom stereocenters. The summed E-state index contributed by atoms with van der Waals surface area (Å²) in [4.78, 5) is 0. The van der Waals surface area contributed by atoms with Crippen LogP contribution in [-0.4, -0.2) is 25.3 Å². The number of sulfonamides is 1. The Labute approximate surface area is 108 Å². The largest absolute Gasteiger partial charge is 0.399 e. The van der Waals surface area contributed by atoms with E-state index < -0.39 is 10.0 Å². The summed E-state index contributed by atoms with van der Waals surface area (Å²) in [5.74, 6) is 0.659. The van der Waals surface area contributed by atoms with Crippen LogP contribution >= 0.6 is 0 Å². The second-order valence-corrected chi connectivity index (χ2v) is 7.33. The monoisotopic (exact) mass is 266 g/mol. The van der Waals surface area contributed by atoms with E-state index in [-0.39, 0.29) is 11.8 Å². The fourth-order valence-electron chi connectivity index (χ4n) is 3.20. The van der Waals surface area contributed by atoms with Gasteiger partial charge in [-0.15, -0.1) is 0 Å². The number of nitrogens with zero attached hydrogens (tertiary/aromatic N) is 1. The van der Waals surface area contributed by atoms with Crippen molar-refractivity contribution in [1.82, 2.24) is 4.31 Å². The van der Waals surface area contributed by atoms with Gasteiger partial charge in [-0.3, -0.25) is 0 Å². The van der Waals surface area contributed by atoms with Crippen LogP contribution in [0.15, 0.2) is 24.3 Å². The van der Waals surface area contributed by atoms with E-state index in [0.29, 0.717) is 11.6 Å². The standard InChI is InChI=1S/C13H18N2O2S/c14-12-3-1-2-11(6-12)9-18(16,17)15-8-10-4-5-13(15)7-10/h1-3,6,10,13H,4-5,7-9,14H2. The van der Waals surface area contributed by atoms with Gasteiger partial charge in [0.05, 0.1) is 5.75 Å². The van der Waals surface area contributed by atoms with Crippen LogP contribution in [0.4, 0.5) is 5.69 Å². The van der Waals surface area contributed by atoms with Gasteiger partial charge < -0.3 is 5.73 Å². The number of hydrogen-bond donors (Lipinski definition) is 1. The molecular weight excluding hydrogens is 248 g/mol. The number of benzene rings is 1. The van der Waals surface area contributed by atoms with E-state index in [1.54, 1.807) is 22.5 Å². The second-order valence-electron chi connectivity index (χ2n) is 5.40. The summed E-state index contributed by atoms with van der Waals surface area (Å²) in [6, 6.07) is 7.39. The third-order valence-corrected chi connectivity index (χ3v) is 5.88. The number of nitrogen functional groups attached to an aromatic ring is 1. The molecule has 2 fully saturated rings. The van der Waals surface area contributed by atoms with Crippen LogP contribution in [0.25, 0.3) is 0 Å². The van der Waals surface area contributed by atoms with Gasteiger partial charge in [-0.25, -0.2) is 8.42 Å². The lowest BCUT2D eigenvalue weighted by atomic mass is 10.1. The molecule has 0 radical (unpaired) electrons. The molecule has 0 amide bonds. The van der Waals surface area contributed by atoms with E-state index in [4.69, 9.17) is 5.73 Å². The molecule has 0 aromatic heterocycles. The summed E-state index contributed by atoms with van der Waals surface area (Å²) >= 11 is 0. The number of nitrogens with two attached hydrogens (primary N) is 1. The van der Waals surface area contributed by atoms with Gasteiger partial charge in [-0.1, -0.05) is 12.1 Å². The number of anilines is 1. The molecule has 2 bridgehead atoms. The predicted octanol–water partition coefficient (Wildman–Crippen LogP) is 1.58. The van der Waals surface area contributed by atoms with Crippen molar-refractivity contribution < 1.29 is 8.42 Å². The van der Waals surface area contributed by atoms with Crippen molar-refractivity contribution in [3.05, 3.63) is 29.8 Å². The maximum atomic E-state index is 12.4. The second kappa shape index (κ2) is 4.24. The van der Waals surface area contributed by atoms with Gasteiger partial charge >= 0.3 is 0 Å². The zero-order valence-electron chi connectivity index (χ0n) is 10.2. The highest BCUT2D eigenvalue weighted by Crippen LogP contribution is 2.39. The predicted molar refractivity (Wildman–Crippen MR) is 71.3 cm³/mol. The Hall–Kier alpha value is -1.07. The van der Waals surface area contributed by atoms with E-state index in [9.17, 15) is 8.42 Å². The average molecular weight is 266 g/mol. The number of piperidine rings is 1. The van der Waals surface area contributed by atoms with Gasteiger partial charge in [0.15, 0.2) is 0 Å². The third-order valence-electron chi connectivity index (χ3n) is 4.02. The molecule has 2 unspecified atom stereocenters. The van der Waals surface area contributed by atoms with Crippen molar-refractivity contribution in [2.75, 3.05) is 12.3 Å². The first-order valence-corrected chi connectivity index (χ1v) is 7.99. The maximum Gasteiger partial charge on any atom is 0.218 e. The fraction of sp³-hybridized carbons (Fsp3) is 0.538. The first-order chi connectivity index (χ1) is 8.54. The molecule has 2 aliphatic rings. The van der Waals surface area contributed by atoms with E-state index in [1.165, 1.54) is 6.42 Å². The first-order valence-electron chi connectivity index (χ1n) is 6.38. The molecule has 1 aromatic rings. The molecule has 5 heteroatoms. The number of rotatable bonds is 3. The molecule has 0 spiro atoms. The minimum Gasteiger partial charge on any atom is -0.399 e. The Morgan fingerprint density at radius 2 is 2.17 bits per heavy atom. The summed E-state index contributed by atoms with van der Waals surface area (Å²) in [5, 5.41) is 0. The molecule has 1 heterocycles. The highest BCUT2D eigenvalue weighted by molar-refractivity contribution is 7.88. The third kappa shape index (κ3) is 2.12. The molecule has 1 saturated heterocycles. The number of hydrogen-bond acceptors (Lipinski definition) is 3. The quantitative estimate of drug-likeness (QED) is 0.845. The Bertz CT molecular complexity index is 556. The first kappa shape index (κ1) is 12.0. The Morgan fingerprint density at radius 3 is 2.78 bits per heavy atom. The SMILES string of the molecule is Nc1cccc(CS(=O)(=O)N2CC3CCC2C3)c1. The molecule has 1 aliphatic carbocycles. The Balaban J connectivity index is 1.79. The lowest BCUT2D eigenvalue weighted by molar-refractivity contribution is 0.333. The van der Waals surface area contributed by atoms with Crippen LogP contribution in [0.3, 0.4) is 0 Å². The van der Waals surface area contributed by atoms with Gasteiger partial charge in [0.1, 0.15) is 0 Å². The Kier molecular flexibility index (Phi) is 2.83. The van der Waals surface area contributed by atoms with Crippen molar-refractivity contribution in [2.24, 2.45) is 5.92 Å². The van der Waals surface area contributed by atoms with Crippen molar-refractivity contribution in [2.45, 2.75) is 31.1 Å². The van der Waals surface area contributed by atoms with Crippen molar-refractivity contribution in [3.8, 4) is 0 Å². The normalized spacial score (nSPS) is 27.8. The minimum atomic E-state index is -3.18. The lowest BCUT2D eigenvalue weighted by Crippen LogP contribution is -2.38. The Morgan fingerprint density at radius 1 is 1.33 bits per heavy atom. The molecule has 18 heavy (non-hydrogen) atoms. The van der Waals surface area contributed by atoms with Crippen molar-refractivity contribution >= 4 is 15.7 Å². The summed E-state index contributed by atoms with van der Waals surface area (Å²) < 4.78 is 26.5. The fourth-order valence-corrected chi connectivity index (χ4v) is 5.05. The lowest BCUT2D eigenvalue weighted by Gasteiger charge is -2.26. The molecule has 98 valence electrons. The summed E-state index contributed by atoms with van der Waals surface area (Å²) in [5.41, 5.74) is 7.08. The van der Waals surface area contributed by atoms with Crippen LogP contribution in [0, 0.1) is 5.92 Å². The molecule has 1 saturated carbocycles. The van der Waals surface area contributed by atoms with Gasteiger partial charge in [0, 0.05) is 18.3 Å². The van der Waals surface area contributed by atoms with Gasteiger partial charge in [0.2, 0.25) is 10.0 Å². The summed E-state index contributed by atoms with van der Waals surface area (Å²) in [7, 11) is -3.18. The minimum absolute atomic E-state index is 0.0707. The average Bonchev–Trinajstić information content (AvgIpc) is 2.90. The zero-order valence-corrected chi connectivity index (χ0v) is 11.1. The smallest absolute Gasteiger partial charge is 0.218 e. The van der Waals surface area contributed by atoms with E-state index in [1.807, 2.05) is 6.07 Å². The van der Waals surface area contributed by atoms with Crippen LogP contribution in [0.5, 0.6) is 0 Å². The number of fused-ring (bicyclic) bond motifs is 2. The molecule has 3 rings (SSSR count). The van der Waals surface area contributed by atoms with Crippen molar-refractivity contribution in [3.63, 3.8) is 0 Å². The van der Waals surface area contributed by atoms with E-state index in [0.717, 1.165) is 24.9 Å². The molecule has 1 aliphatic heterocycles. The van der Waals surface area contributed by atoms with Crippen molar-refractivity contribution in [1.29, 1.82) is 0 Å². The zero-order chi connectivity index (χ0) is 12.8.